The Kier molecular flexibility index (Phi) is 4.54. The largest absolute Gasteiger partial charge is 0.465 e. The van der Waals surface area contributed by atoms with E-state index in [2.05, 4.69) is 0 Å². The molecule has 0 fully saturated rings. The van der Waals surface area contributed by atoms with Crippen molar-refractivity contribution in [3.8, 4) is 0 Å². The van der Waals surface area contributed by atoms with Crippen molar-refractivity contribution in [3.63, 3.8) is 0 Å². The van der Waals surface area contributed by atoms with E-state index in [1.807, 2.05) is 18.2 Å². The summed E-state index contributed by atoms with van der Waals surface area (Å²) in [6, 6.07) is 8.98. The number of esters is 1. The Morgan fingerprint density at radius 1 is 1.20 bits per heavy atom. The molecule has 1 aromatic rings. The third-order valence-electron chi connectivity index (χ3n) is 1.98. The molecule has 0 atom stereocenters. The molecule has 0 aliphatic heterocycles. The zero-order chi connectivity index (χ0) is 11.1. The van der Waals surface area contributed by atoms with Gasteiger partial charge in [0.2, 0.25) is 0 Å². The first-order valence-electron chi connectivity index (χ1n) is 4.98. The van der Waals surface area contributed by atoms with Crippen molar-refractivity contribution in [2.45, 2.75) is 19.8 Å². The maximum atomic E-state index is 11.5. The van der Waals surface area contributed by atoms with E-state index in [4.69, 9.17) is 4.74 Å². The smallest absolute Gasteiger partial charge is 0.305 e. The van der Waals surface area contributed by atoms with Gasteiger partial charge in [-0.05, 0) is 0 Å². The zero-order valence-corrected chi connectivity index (χ0v) is 8.73. The average Bonchev–Trinajstić information content (AvgIpc) is 2.29. The second kappa shape index (κ2) is 5.96. The Labute approximate surface area is 89.1 Å². The van der Waals surface area contributed by atoms with Gasteiger partial charge in [0.15, 0.2) is 5.78 Å². The number of ether oxygens (including phenoxy) is 1. The van der Waals surface area contributed by atoms with Crippen molar-refractivity contribution >= 4 is 11.8 Å². The summed E-state index contributed by atoms with van der Waals surface area (Å²) in [5.41, 5.74) is 0.657. The summed E-state index contributed by atoms with van der Waals surface area (Å²) in [4.78, 5) is 22.3. The summed E-state index contributed by atoms with van der Waals surface area (Å²) in [6.45, 7) is 1.89. The fourth-order valence-corrected chi connectivity index (χ4v) is 1.13. The minimum absolute atomic E-state index is 0.000460. The first-order chi connectivity index (χ1) is 7.24. The summed E-state index contributed by atoms with van der Waals surface area (Å²) < 4.78 is 4.82. The van der Waals surface area contributed by atoms with E-state index in [1.165, 1.54) is 0 Å². The van der Waals surface area contributed by atoms with Gasteiger partial charge in [0.1, 0.15) is 0 Å². The minimum atomic E-state index is -0.268. The van der Waals surface area contributed by atoms with Gasteiger partial charge in [-0.25, -0.2) is 0 Å². The second-order valence-electron chi connectivity index (χ2n) is 3.11. The van der Waals surface area contributed by atoms with Crippen LogP contribution in [-0.2, 0) is 9.53 Å². The number of benzene rings is 1. The van der Waals surface area contributed by atoms with Crippen LogP contribution in [0.1, 0.15) is 30.1 Å². The molecule has 0 amide bonds. The van der Waals surface area contributed by atoms with E-state index in [0.29, 0.717) is 12.0 Å². The SMILES string of the molecule is CCC(=O)OCCC(=O)c1ccccc1. The van der Waals surface area contributed by atoms with E-state index in [9.17, 15) is 9.59 Å². The van der Waals surface area contributed by atoms with Gasteiger partial charge < -0.3 is 4.74 Å². The molecule has 0 unspecified atom stereocenters. The Bertz CT molecular complexity index is 330. The lowest BCUT2D eigenvalue weighted by Crippen LogP contribution is -2.08. The highest BCUT2D eigenvalue weighted by Crippen LogP contribution is 2.03. The van der Waals surface area contributed by atoms with E-state index in [-0.39, 0.29) is 24.8 Å². The minimum Gasteiger partial charge on any atom is -0.465 e. The van der Waals surface area contributed by atoms with Gasteiger partial charge in [-0.3, -0.25) is 9.59 Å². The molecule has 15 heavy (non-hydrogen) atoms. The van der Waals surface area contributed by atoms with Crippen LogP contribution in [0.4, 0.5) is 0 Å². The lowest BCUT2D eigenvalue weighted by atomic mass is 10.1. The van der Waals surface area contributed by atoms with Crippen molar-refractivity contribution in [2.75, 3.05) is 6.61 Å². The van der Waals surface area contributed by atoms with Crippen molar-refractivity contribution in [1.82, 2.24) is 0 Å². The van der Waals surface area contributed by atoms with Gasteiger partial charge in [-0.1, -0.05) is 37.3 Å². The van der Waals surface area contributed by atoms with Crippen LogP contribution in [0.5, 0.6) is 0 Å². The Hall–Kier alpha value is -1.64. The number of carbonyl (C=O) groups excluding carboxylic acids is 2. The van der Waals surface area contributed by atoms with E-state index < -0.39 is 0 Å². The van der Waals surface area contributed by atoms with Crippen LogP contribution in [0.2, 0.25) is 0 Å². The molecule has 0 spiro atoms. The van der Waals surface area contributed by atoms with Crippen molar-refractivity contribution in [2.24, 2.45) is 0 Å². The molecule has 80 valence electrons. The van der Waals surface area contributed by atoms with Crippen molar-refractivity contribution in [1.29, 1.82) is 0 Å². The van der Waals surface area contributed by atoms with Crippen LogP contribution in [-0.4, -0.2) is 18.4 Å². The number of ketones is 1. The van der Waals surface area contributed by atoms with Gasteiger partial charge in [-0.15, -0.1) is 0 Å². The molecule has 0 aliphatic carbocycles. The predicted octanol–water partition coefficient (Wildman–Crippen LogP) is 2.21. The topological polar surface area (TPSA) is 43.4 Å². The summed E-state index contributed by atoms with van der Waals surface area (Å²) in [6.07, 6.45) is 0.593. The van der Waals surface area contributed by atoms with Gasteiger partial charge in [0.25, 0.3) is 0 Å². The molecular formula is C12H14O3. The monoisotopic (exact) mass is 206 g/mol. The molecule has 0 bridgehead atoms. The van der Waals surface area contributed by atoms with E-state index in [0.717, 1.165) is 0 Å². The molecule has 0 aliphatic rings. The fraction of sp³-hybridized carbons (Fsp3) is 0.333. The van der Waals surface area contributed by atoms with Crippen molar-refractivity contribution in [3.05, 3.63) is 35.9 Å². The highest BCUT2D eigenvalue weighted by Gasteiger charge is 2.06. The third kappa shape index (κ3) is 3.94. The highest BCUT2D eigenvalue weighted by atomic mass is 16.5. The highest BCUT2D eigenvalue weighted by molar-refractivity contribution is 5.96. The van der Waals surface area contributed by atoms with Crippen LogP contribution < -0.4 is 0 Å². The number of hydrogen-bond acceptors (Lipinski definition) is 3. The average molecular weight is 206 g/mol. The van der Waals surface area contributed by atoms with Crippen LogP contribution in [0.25, 0.3) is 0 Å². The maximum absolute atomic E-state index is 11.5. The van der Waals surface area contributed by atoms with Crippen LogP contribution in [0, 0.1) is 0 Å². The lowest BCUT2D eigenvalue weighted by Gasteiger charge is -2.02. The first-order valence-corrected chi connectivity index (χ1v) is 4.98. The molecule has 1 aromatic carbocycles. The quantitative estimate of drug-likeness (QED) is 0.548. The van der Waals surface area contributed by atoms with E-state index >= 15 is 0 Å². The predicted molar refractivity (Wildman–Crippen MR) is 56.6 cm³/mol. The molecule has 0 saturated heterocycles. The molecule has 0 heterocycles. The molecular weight excluding hydrogens is 192 g/mol. The maximum Gasteiger partial charge on any atom is 0.305 e. The lowest BCUT2D eigenvalue weighted by molar-refractivity contribution is -0.143. The summed E-state index contributed by atoms with van der Waals surface area (Å²) >= 11 is 0. The molecule has 0 saturated carbocycles. The van der Waals surface area contributed by atoms with Crippen molar-refractivity contribution < 1.29 is 14.3 Å². The standard InChI is InChI=1S/C12H14O3/c1-2-12(14)15-9-8-11(13)10-6-4-3-5-7-10/h3-7H,2,8-9H2,1H3. The molecule has 0 N–H and O–H groups in total. The number of Topliss-reactive ketones (excluding diaryl/α,β-unsaturated/α-hetero) is 1. The van der Waals surface area contributed by atoms with Gasteiger partial charge >= 0.3 is 5.97 Å². The molecule has 0 aromatic heterocycles. The number of carbonyl (C=O) groups is 2. The fourth-order valence-electron chi connectivity index (χ4n) is 1.13. The number of rotatable bonds is 5. The first kappa shape index (κ1) is 11.4. The van der Waals surface area contributed by atoms with Crippen LogP contribution in [0.3, 0.4) is 0 Å². The van der Waals surface area contributed by atoms with Gasteiger partial charge in [0, 0.05) is 18.4 Å². The molecule has 3 nitrogen and oxygen atoms in total. The summed E-state index contributed by atoms with van der Waals surface area (Å²) in [7, 11) is 0. The van der Waals surface area contributed by atoms with Gasteiger partial charge in [0.05, 0.1) is 6.61 Å². The molecule has 1 rings (SSSR count). The summed E-state index contributed by atoms with van der Waals surface area (Å²) in [5.74, 6) is -0.268. The zero-order valence-electron chi connectivity index (χ0n) is 8.73. The number of hydrogen-bond donors (Lipinski definition) is 0. The summed E-state index contributed by atoms with van der Waals surface area (Å²) in [5, 5.41) is 0. The van der Waals surface area contributed by atoms with Crippen LogP contribution >= 0.6 is 0 Å². The van der Waals surface area contributed by atoms with Gasteiger partial charge in [-0.2, -0.15) is 0 Å². The van der Waals surface area contributed by atoms with Crippen LogP contribution in [0.15, 0.2) is 30.3 Å². The molecule has 0 radical (unpaired) electrons. The Balaban J connectivity index is 2.34. The molecule has 3 heteroatoms. The Morgan fingerprint density at radius 2 is 1.87 bits per heavy atom. The second-order valence-corrected chi connectivity index (χ2v) is 3.11. The third-order valence-corrected chi connectivity index (χ3v) is 1.98. The van der Waals surface area contributed by atoms with E-state index in [1.54, 1.807) is 19.1 Å². The normalized spacial score (nSPS) is 9.67. The Morgan fingerprint density at radius 3 is 2.47 bits per heavy atom.